The zero-order valence-electron chi connectivity index (χ0n) is 18.0. The van der Waals surface area contributed by atoms with Crippen LogP contribution in [0.4, 0.5) is 0 Å². The third kappa shape index (κ3) is 6.49. The zero-order valence-corrected chi connectivity index (χ0v) is 18.0. The average Bonchev–Trinajstić information content (AvgIpc) is 3.18. The van der Waals surface area contributed by atoms with Crippen molar-refractivity contribution in [3.8, 4) is 0 Å². The monoisotopic (exact) mass is 385 g/mol. The van der Waals surface area contributed by atoms with Gasteiger partial charge in [-0.15, -0.1) is 0 Å². The van der Waals surface area contributed by atoms with Gasteiger partial charge in [0.25, 0.3) is 0 Å². The van der Waals surface area contributed by atoms with Crippen molar-refractivity contribution in [1.82, 2.24) is 20.4 Å². The summed E-state index contributed by atoms with van der Waals surface area (Å²) in [5, 5.41) is 7.23. The van der Waals surface area contributed by atoms with Gasteiger partial charge in [0.05, 0.1) is 0 Å². The van der Waals surface area contributed by atoms with Gasteiger partial charge in [-0.25, -0.2) is 0 Å². The molecule has 0 amide bonds. The predicted octanol–water partition coefficient (Wildman–Crippen LogP) is 2.59. The maximum atomic E-state index is 4.46. The van der Waals surface area contributed by atoms with Crippen molar-refractivity contribution in [2.24, 2.45) is 10.9 Å². The molecule has 1 atom stereocenters. The van der Waals surface area contributed by atoms with E-state index in [4.69, 9.17) is 0 Å². The van der Waals surface area contributed by atoms with Crippen LogP contribution in [0, 0.1) is 5.92 Å². The molecule has 2 saturated heterocycles. The molecule has 0 bridgehead atoms. The molecule has 2 heterocycles. The lowest BCUT2D eigenvalue weighted by atomic mass is 10.0. The van der Waals surface area contributed by atoms with E-state index in [9.17, 15) is 0 Å². The number of nitrogens with zero attached hydrogens (tertiary/aromatic N) is 3. The molecule has 28 heavy (non-hydrogen) atoms. The van der Waals surface area contributed by atoms with Gasteiger partial charge < -0.3 is 20.4 Å². The van der Waals surface area contributed by atoms with Crippen LogP contribution in [0.2, 0.25) is 0 Å². The number of rotatable bonds is 7. The highest BCUT2D eigenvalue weighted by Crippen LogP contribution is 2.16. The Morgan fingerprint density at radius 1 is 1.11 bits per heavy atom. The van der Waals surface area contributed by atoms with Crippen LogP contribution in [0.15, 0.2) is 35.3 Å². The highest BCUT2D eigenvalue weighted by atomic mass is 15.2. The van der Waals surface area contributed by atoms with E-state index < -0.39 is 0 Å². The van der Waals surface area contributed by atoms with Crippen LogP contribution in [0.3, 0.4) is 0 Å². The second-order valence-electron chi connectivity index (χ2n) is 8.69. The standard InChI is InChI=1S/C23H39N5/c1-19(2)28-15-11-22(12-16-28)26-23(24-3)25-17-21-10-14-27(18-21)13-9-20-7-5-4-6-8-20/h4-8,19,21-22H,9-18H2,1-3H3,(H2,24,25,26). The lowest BCUT2D eigenvalue weighted by Crippen LogP contribution is -2.50. The number of piperidine rings is 1. The summed E-state index contributed by atoms with van der Waals surface area (Å²) in [6.45, 7) is 11.6. The summed E-state index contributed by atoms with van der Waals surface area (Å²) in [6, 6.07) is 12.0. The Morgan fingerprint density at radius 2 is 1.86 bits per heavy atom. The fraction of sp³-hybridized carbons (Fsp3) is 0.696. The lowest BCUT2D eigenvalue weighted by Gasteiger charge is -2.35. The Labute approximate surface area is 171 Å². The van der Waals surface area contributed by atoms with E-state index in [1.54, 1.807) is 0 Å². The van der Waals surface area contributed by atoms with Crippen molar-refractivity contribution in [1.29, 1.82) is 0 Å². The minimum Gasteiger partial charge on any atom is -0.356 e. The van der Waals surface area contributed by atoms with Gasteiger partial charge in [0.1, 0.15) is 0 Å². The molecule has 0 radical (unpaired) electrons. The smallest absolute Gasteiger partial charge is 0.191 e. The van der Waals surface area contributed by atoms with Crippen molar-refractivity contribution in [3.63, 3.8) is 0 Å². The normalized spacial score (nSPS) is 22.7. The second-order valence-corrected chi connectivity index (χ2v) is 8.69. The molecule has 2 aliphatic rings. The molecule has 1 aromatic rings. The van der Waals surface area contributed by atoms with Crippen LogP contribution < -0.4 is 10.6 Å². The van der Waals surface area contributed by atoms with Gasteiger partial charge in [0, 0.05) is 51.9 Å². The first kappa shape index (κ1) is 21.1. The molecule has 0 aromatic heterocycles. The van der Waals surface area contributed by atoms with Crippen LogP contribution in [0.5, 0.6) is 0 Å². The predicted molar refractivity (Wildman–Crippen MR) is 119 cm³/mol. The molecule has 1 aromatic carbocycles. The Morgan fingerprint density at radius 3 is 2.54 bits per heavy atom. The number of benzene rings is 1. The minimum atomic E-state index is 0.548. The Bertz CT molecular complexity index is 592. The van der Waals surface area contributed by atoms with E-state index in [2.05, 4.69) is 69.6 Å². The van der Waals surface area contributed by atoms with Crippen LogP contribution in [0.25, 0.3) is 0 Å². The van der Waals surface area contributed by atoms with Gasteiger partial charge in [-0.3, -0.25) is 4.99 Å². The molecule has 0 aliphatic carbocycles. The van der Waals surface area contributed by atoms with Crippen LogP contribution >= 0.6 is 0 Å². The van der Waals surface area contributed by atoms with Crippen molar-refractivity contribution in [2.45, 2.75) is 51.6 Å². The van der Waals surface area contributed by atoms with Crippen LogP contribution in [-0.2, 0) is 6.42 Å². The summed E-state index contributed by atoms with van der Waals surface area (Å²) in [5.41, 5.74) is 1.44. The summed E-state index contributed by atoms with van der Waals surface area (Å²) in [5.74, 6) is 1.70. The molecule has 2 aliphatic heterocycles. The summed E-state index contributed by atoms with van der Waals surface area (Å²) in [7, 11) is 1.89. The maximum Gasteiger partial charge on any atom is 0.191 e. The summed E-state index contributed by atoms with van der Waals surface area (Å²) in [6.07, 6.45) is 4.84. The molecule has 2 N–H and O–H groups in total. The molecule has 0 saturated carbocycles. The number of nitrogens with one attached hydrogen (secondary N) is 2. The zero-order chi connectivity index (χ0) is 19.8. The molecule has 2 fully saturated rings. The van der Waals surface area contributed by atoms with Crippen molar-refractivity contribution in [2.75, 3.05) is 46.3 Å². The number of hydrogen-bond acceptors (Lipinski definition) is 3. The van der Waals surface area contributed by atoms with Crippen LogP contribution in [-0.4, -0.2) is 74.2 Å². The summed E-state index contributed by atoms with van der Waals surface area (Å²) < 4.78 is 0. The van der Waals surface area contributed by atoms with Gasteiger partial charge in [-0.1, -0.05) is 30.3 Å². The first-order chi connectivity index (χ1) is 13.6. The van der Waals surface area contributed by atoms with E-state index in [-0.39, 0.29) is 0 Å². The fourth-order valence-corrected chi connectivity index (χ4v) is 4.40. The summed E-state index contributed by atoms with van der Waals surface area (Å²) >= 11 is 0. The maximum absolute atomic E-state index is 4.46. The lowest BCUT2D eigenvalue weighted by molar-refractivity contribution is 0.167. The molecule has 0 spiro atoms. The third-order valence-corrected chi connectivity index (χ3v) is 6.31. The van der Waals surface area contributed by atoms with E-state index >= 15 is 0 Å². The Hall–Kier alpha value is -1.59. The van der Waals surface area contributed by atoms with Gasteiger partial charge in [-0.05, 0) is 57.6 Å². The minimum absolute atomic E-state index is 0.548. The van der Waals surface area contributed by atoms with Gasteiger partial charge in [0.15, 0.2) is 5.96 Å². The van der Waals surface area contributed by atoms with E-state index in [0.29, 0.717) is 12.1 Å². The largest absolute Gasteiger partial charge is 0.356 e. The van der Waals surface area contributed by atoms with Crippen molar-refractivity contribution in [3.05, 3.63) is 35.9 Å². The van der Waals surface area contributed by atoms with E-state index in [1.165, 1.54) is 57.5 Å². The fourth-order valence-electron chi connectivity index (χ4n) is 4.40. The third-order valence-electron chi connectivity index (χ3n) is 6.31. The molecule has 1 unspecified atom stereocenters. The highest BCUT2D eigenvalue weighted by Gasteiger charge is 2.24. The van der Waals surface area contributed by atoms with E-state index in [1.807, 2.05) is 7.05 Å². The summed E-state index contributed by atoms with van der Waals surface area (Å²) in [4.78, 5) is 9.63. The highest BCUT2D eigenvalue weighted by molar-refractivity contribution is 5.79. The first-order valence-corrected chi connectivity index (χ1v) is 11.1. The molecule has 5 heteroatoms. The average molecular weight is 386 g/mol. The molecular formula is C23H39N5. The SMILES string of the molecule is CN=C(NCC1CCN(CCc2ccccc2)C1)NC1CCN(C(C)C)CC1. The number of guanidine groups is 1. The Balaban J connectivity index is 1.33. The van der Waals surface area contributed by atoms with Crippen molar-refractivity contribution < 1.29 is 0 Å². The topological polar surface area (TPSA) is 42.9 Å². The van der Waals surface area contributed by atoms with Crippen molar-refractivity contribution >= 4 is 5.96 Å². The first-order valence-electron chi connectivity index (χ1n) is 11.1. The molecule has 5 nitrogen and oxygen atoms in total. The van der Waals surface area contributed by atoms with E-state index in [0.717, 1.165) is 24.8 Å². The molecule has 3 rings (SSSR count). The number of hydrogen-bond donors (Lipinski definition) is 2. The molecule has 156 valence electrons. The molecular weight excluding hydrogens is 346 g/mol. The number of aliphatic imine (C=N–C) groups is 1. The van der Waals surface area contributed by atoms with Gasteiger partial charge >= 0.3 is 0 Å². The van der Waals surface area contributed by atoms with Crippen LogP contribution in [0.1, 0.15) is 38.7 Å². The number of likely N-dealkylation sites (tertiary alicyclic amines) is 2. The Kier molecular flexibility index (Phi) is 8.16. The van der Waals surface area contributed by atoms with Gasteiger partial charge in [-0.2, -0.15) is 0 Å². The van der Waals surface area contributed by atoms with Gasteiger partial charge in [0.2, 0.25) is 0 Å². The second kappa shape index (κ2) is 10.8. The quantitative estimate of drug-likeness (QED) is 0.559.